The minimum atomic E-state index is -3.53. The van der Waals surface area contributed by atoms with Crippen LogP contribution in [0.2, 0.25) is 0 Å². The molecule has 0 unspecified atom stereocenters. The Morgan fingerprint density at radius 3 is 2.21 bits per heavy atom. The van der Waals surface area contributed by atoms with E-state index < -0.39 is 10.0 Å². The van der Waals surface area contributed by atoms with E-state index in [2.05, 4.69) is 0 Å². The Hall–Kier alpha value is -3.05. The Kier molecular flexibility index (Phi) is 6.73. The van der Waals surface area contributed by atoms with E-state index in [-0.39, 0.29) is 5.75 Å². The molecule has 3 aromatic rings. The summed E-state index contributed by atoms with van der Waals surface area (Å²) in [6, 6.07) is 24.5. The summed E-state index contributed by atoms with van der Waals surface area (Å²) in [5.74, 6) is 0.723. The lowest BCUT2D eigenvalue weighted by molar-refractivity contribution is 0.306. The van der Waals surface area contributed by atoms with E-state index in [9.17, 15) is 8.42 Å². The zero-order valence-electron chi connectivity index (χ0n) is 16.7. The number of hydrogen-bond donors (Lipinski definition) is 0. The van der Waals surface area contributed by atoms with Crippen molar-refractivity contribution in [3.05, 3.63) is 102 Å². The normalized spacial score (nSPS) is 11.5. The van der Waals surface area contributed by atoms with E-state index >= 15 is 0 Å². The summed E-state index contributed by atoms with van der Waals surface area (Å²) in [5, 5.41) is 0. The van der Waals surface area contributed by atoms with Crippen molar-refractivity contribution < 1.29 is 13.2 Å². The zero-order chi connectivity index (χ0) is 20.7. The number of sulfonamides is 1. The molecule has 4 nitrogen and oxygen atoms in total. The molecule has 0 saturated carbocycles. The maximum absolute atomic E-state index is 13.0. The van der Waals surface area contributed by atoms with Crippen LogP contribution in [0.1, 0.15) is 23.6 Å². The predicted molar refractivity (Wildman–Crippen MR) is 119 cm³/mol. The predicted octanol–water partition coefficient (Wildman–Crippen LogP) is 5.26. The molecule has 3 rings (SSSR count). The molecule has 0 saturated heterocycles. The summed E-state index contributed by atoms with van der Waals surface area (Å²) in [6.07, 6.45) is 3.81. The highest BCUT2D eigenvalue weighted by molar-refractivity contribution is 7.92. The summed E-state index contributed by atoms with van der Waals surface area (Å²) >= 11 is 0. The van der Waals surface area contributed by atoms with Crippen LogP contribution >= 0.6 is 0 Å². The van der Waals surface area contributed by atoms with Crippen LogP contribution in [0.4, 0.5) is 5.69 Å². The topological polar surface area (TPSA) is 46.6 Å². The second-order valence-corrected chi connectivity index (χ2v) is 8.70. The van der Waals surface area contributed by atoms with Crippen LogP contribution < -0.4 is 9.04 Å². The lowest BCUT2D eigenvalue weighted by Crippen LogP contribution is -2.28. The van der Waals surface area contributed by atoms with Crippen molar-refractivity contribution in [2.24, 2.45) is 0 Å². The van der Waals surface area contributed by atoms with Crippen LogP contribution in [-0.2, 0) is 22.4 Å². The molecule has 0 radical (unpaired) electrons. The van der Waals surface area contributed by atoms with Gasteiger partial charge in [-0.1, -0.05) is 72.8 Å². The van der Waals surface area contributed by atoms with Crippen molar-refractivity contribution in [2.45, 2.75) is 19.3 Å². The zero-order valence-corrected chi connectivity index (χ0v) is 17.5. The summed E-state index contributed by atoms with van der Waals surface area (Å²) in [4.78, 5) is 0. The molecule has 0 aromatic heterocycles. The number of anilines is 1. The highest BCUT2D eigenvalue weighted by Gasteiger charge is 2.21. The van der Waals surface area contributed by atoms with E-state index in [4.69, 9.17) is 4.74 Å². The molecule has 0 aliphatic carbocycles. The van der Waals surface area contributed by atoms with Crippen molar-refractivity contribution in [3.8, 4) is 5.75 Å². The van der Waals surface area contributed by atoms with Crippen LogP contribution in [0, 0.1) is 0 Å². The van der Waals surface area contributed by atoms with E-state index in [1.54, 1.807) is 7.05 Å². The van der Waals surface area contributed by atoms with Gasteiger partial charge in [-0.3, -0.25) is 4.31 Å². The average molecular weight is 408 g/mol. The maximum atomic E-state index is 13.0. The van der Waals surface area contributed by atoms with Gasteiger partial charge in [0.1, 0.15) is 12.4 Å². The van der Waals surface area contributed by atoms with Crippen LogP contribution in [0.25, 0.3) is 6.08 Å². The molecule has 3 aromatic carbocycles. The molecule has 5 heteroatoms. The summed E-state index contributed by atoms with van der Waals surface area (Å²) in [5.41, 5.74) is 3.14. The lowest BCUT2D eigenvalue weighted by atomic mass is 10.1. The molecule has 29 heavy (non-hydrogen) atoms. The van der Waals surface area contributed by atoms with Gasteiger partial charge in [-0.25, -0.2) is 8.42 Å². The van der Waals surface area contributed by atoms with Gasteiger partial charge in [-0.15, -0.1) is 0 Å². The number of rotatable bonds is 8. The van der Waals surface area contributed by atoms with Crippen LogP contribution in [0.5, 0.6) is 5.75 Å². The number of hydrogen-bond acceptors (Lipinski definition) is 3. The molecule has 0 heterocycles. The van der Waals surface area contributed by atoms with E-state index in [1.807, 2.05) is 97.9 Å². The number of nitrogens with zero attached hydrogens (tertiary/aromatic N) is 1. The average Bonchev–Trinajstić information content (AvgIpc) is 2.74. The standard InChI is InChI=1S/C24H25NO3S/c1-3-10-22-16-15-21(18-28-23-13-8-5-9-14-23)17-24(22)25(2)29(26,27)19-20-11-6-4-7-12-20/h3-17H,18-19H2,1-2H3/b10-3+. The molecule has 0 fully saturated rings. The van der Waals surface area contributed by atoms with Gasteiger partial charge in [0.05, 0.1) is 11.4 Å². The number of para-hydroxylation sites is 1. The molecular weight excluding hydrogens is 382 g/mol. The fourth-order valence-electron chi connectivity index (χ4n) is 2.99. The monoisotopic (exact) mass is 407 g/mol. The molecular formula is C24H25NO3S. The van der Waals surface area contributed by atoms with Gasteiger partial charge in [0, 0.05) is 7.05 Å². The third-order valence-electron chi connectivity index (χ3n) is 4.54. The largest absolute Gasteiger partial charge is 0.489 e. The van der Waals surface area contributed by atoms with Gasteiger partial charge in [0.2, 0.25) is 10.0 Å². The molecule has 0 amide bonds. The Labute approximate surface area is 173 Å². The van der Waals surface area contributed by atoms with Crippen molar-refractivity contribution in [1.29, 1.82) is 0 Å². The molecule has 0 spiro atoms. The van der Waals surface area contributed by atoms with Crippen molar-refractivity contribution >= 4 is 21.8 Å². The van der Waals surface area contributed by atoms with E-state index in [0.717, 1.165) is 22.4 Å². The molecule has 0 aliphatic heterocycles. The first-order chi connectivity index (χ1) is 14.0. The van der Waals surface area contributed by atoms with Crippen LogP contribution in [-0.4, -0.2) is 15.5 Å². The lowest BCUT2D eigenvalue weighted by Gasteiger charge is -2.22. The molecule has 0 aliphatic rings. The van der Waals surface area contributed by atoms with Crippen molar-refractivity contribution in [2.75, 3.05) is 11.4 Å². The van der Waals surface area contributed by atoms with Gasteiger partial charge in [0.25, 0.3) is 0 Å². The quantitative estimate of drug-likeness (QED) is 0.511. The second kappa shape index (κ2) is 9.43. The minimum absolute atomic E-state index is 0.0512. The minimum Gasteiger partial charge on any atom is -0.489 e. The first kappa shape index (κ1) is 20.7. The Morgan fingerprint density at radius 2 is 1.55 bits per heavy atom. The Balaban J connectivity index is 1.86. The number of ether oxygens (including phenoxy) is 1. The third kappa shape index (κ3) is 5.48. The van der Waals surface area contributed by atoms with Gasteiger partial charge in [-0.05, 0) is 41.8 Å². The Bertz CT molecular complexity index is 1060. The second-order valence-electron chi connectivity index (χ2n) is 6.70. The highest BCUT2D eigenvalue weighted by atomic mass is 32.2. The van der Waals surface area contributed by atoms with Gasteiger partial charge >= 0.3 is 0 Å². The van der Waals surface area contributed by atoms with Crippen molar-refractivity contribution in [1.82, 2.24) is 0 Å². The summed E-state index contributed by atoms with van der Waals surface area (Å²) < 4.78 is 33.2. The molecule has 0 N–H and O–H groups in total. The first-order valence-electron chi connectivity index (χ1n) is 9.43. The fourth-order valence-corrected chi connectivity index (χ4v) is 4.25. The first-order valence-corrected chi connectivity index (χ1v) is 11.0. The van der Waals surface area contributed by atoms with Gasteiger partial charge in [-0.2, -0.15) is 0 Å². The Morgan fingerprint density at radius 1 is 0.897 bits per heavy atom. The van der Waals surface area contributed by atoms with Crippen LogP contribution in [0.15, 0.2) is 84.9 Å². The maximum Gasteiger partial charge on any atom is 0.239 e. The highest BCUT2D eigenvalue weighted by Crippen LogP contribution is 2.27. The summed E-state index contributed by atoms with van der Waals surface area (Å²) in [7, 11) is -1.93. The molecule has 0 atom stereocenters. The smallest absolute Gasteiger partial charge is 0.239 e. The molecule has 0 bridgehead atoms. The number of allylic oxidation sites excluding steroid dienone is 1. The third-order valence-corrected chi connectivity index (χ3v) is 6.27. The molecule has 150 valence electrons. The number of benzene rings is 3. The van der Waals surface area contributed by atoms with Gasteiger partial charge < -0.3 is 4.74 Å². The fraction of sp³-hybridized carbons (Fsp3) is 0.167. The van der Waals surface area contributed by atoms with Gasteiger partial charge in [0.15, 0.2) is 0 Å². The van der Waals surface area contributed by atoms with Crippen molar-refractivity contribution in [3.63, 3.8) is 0 Å². The van der Waals surface area contributed by atoms with E-state index in [0.29, 0.717) is 12.3 Å². The van der Waals surface area contributed by atoms with Crippen LogP contribution in [0.3, 0.4) is 0 Å². The summed E-state index contributed by atoms with van der Waals surface area (Å²) in [6.45, 7) is 2.27. The SMILES string of the molecule is C/C=C/c1ccc(COc2ccccc2)cc1N(C)S(=O)(=O)Cc1ccccc1. The van der Waals surface area contributed by atoms with E-state index in [1.165, 1.54) is 4.31 Å².